The summed E-state index contributed by atoms with van der Waals surface area (Å²) in [5, 5.41) is 7.42. The summed E-state index contributed by atoms with van der Waals surface area (Å²) in [6.07, 6.45) is 0. The van der Waals surface area contributed by atoms with E-state index >= 15 is 0 Å². The van der Waals surface area contributed by atoms with Crippen LogP contribution >= 0.6 is 9.90 Å². The summed E-state index contributed by atoms with van der Waals surface area (Å²) in [7, 11) is 0. The zero-order chi connectivity index (χ0) is 3.58. The number of hydrogen-bond acceptors (Lipinski definition) is 1. The van der Waals surface area contributed by atoms with Crippen molar-refractivity contribution in [2.24, 2.45) is 0 Å². The fourth-order valence-electron chi connectivity index (χ4n) is 0. The molecule has 6 heavy (non-hydrogen) atoms. The second-order valence-corrected chi connectivity index (χ2v) is 0.519. The summed E-state index contributed by atoms with van der Waals surface area (Å²) >= 11 is 0. The standard InChI is InChI=1S/C2H4O2.Ga.H3P/c1-2(3)4;;/h1H3,(H,3,4);;1H3. The first-order valence-corrected chi connectivity index (χ1v) is 0.928. The third kappa shape index (κ3) is 197. The molecular formula is C2H7GaO2P. The van der Waals surface area contributed by atoms with Gasteiger partial charge in [0.15, 0.2) is 0 Å². The fraction of sp³-hybridized carbons (Fsp3) is 0.500. The van der Waals surface area contributed by atoms with Gasteiger partial charge in [0.05, 0.1) is 0 Å². The van der Waals surface area contributed by atoms with E-state index in [0.29, 0.717) is 0 Å². The minimum atomic E-state index is -0.833. The van der Waals surface area contributed by atoms with Gasteiger partial charge in [-0.25, -0.2) is 0 Å². The molecule has 0 aliphatic rings. The quantitative estimate of drug-likeness (QED) is 0.396. The second-order valence-electron chi connectivity index (χ2n) is 0.519. The van der Waals surface area contributed by atoms with Crippen LogP contribution < -0.4 is 0 Å². The smallest absolute Gasteiger partial charge is 0.300 e. The van der Waals surface area contributed by atoms with Crippen molar-refractivity contribution < 1.29 is 9.90 Å². The maximum absolute atomic E-state index is 9.00. The van der Waals surface area contributed by atoms with Crippen molar-refractivity contribution in [1.82, 2.24) is 0 Å². The molecule has 0 bridgehead atoms. The summed E-state index contributed by atoms with van der Waals surface area (Å²) in [6.45, 7) is 1.08. The normalized spacial score (nSPS) is 4.17. The Balaban J connectivity index is -0.0000000450. The maximum atomic E-state index is 9.00. The van der Waals surface area contributed by atoms with Gasteiger partial charge in [0.25, 0.3) is 5.97 Å². The molecule has 0 fully saturated rings. The minimum Gasteiger partial charge on any atom is -0.481 e. The molecule has 0 aliphatic heterocycles. The minimum absolute atomic E-state index is 0. The number of carboxylic acid groups (broad SMARTS) is 1. The van der Waals surface area contributed by atoms with E-state index in [1.807, 2.05) is 0 Å². The number of rotatable bonds is 0. The van der Waals surface area contributed by atoms with E-state index in [4.69, 9.17) is 9.90 Å². The van der Waals surface area contributed by atoms with Crippen molar-refractivity contribution in [2.45, 2.75) is 6.92 Å². The van der Waals surface area contributed by atoms with E-state index < -0.39 is 5.97 Å². The number of carboxylic acids is 1. The molecule has 0 amide bonds. The number of hydrogen-bond donors (Lipinski definition) is 1. The summed E-state index contributed by atoms with van der Waals surface area (Å²) in [5.41, 5.74) is 0. The third-order valence-corrected chi connectivity index (χ3v) is 0. The first kappa shape index (κ1) is 16.0. The van der Waals surface area contributed by atoms with Crippen molar-refractivity contribution in [2.75, 3.05) is 0 Å². The molecule has 4 heteroatoms. The Morgan fingerprint density at radius 1 is 1.67 bits per heavy atom. The average molecular weight is 164 g/mol. The summed E-state index contributed by atoms with van der Waals surface area (Å²) in [4.78, 5) is 9.00. The Kier molecular flexibility index (Phi) is 24.3. The van der Waals surface area contributed by atoms with Crippen LogP contribution in [0.3, 0.4) is 0 Å². The molecule has 2 nitrogen and oxygen atoms in total. The summed E-state index contributed by atoms with van der Waals surface area (Å²) in [6, 6.07) is 0. The first-order chi connectivity index (χ1) is 1.73. The van der Waals surface area contributed by atoms with Crippen molar-refractivity contribution in [3.8, 4) is 0 Å². The van der Waals surface area contributed by atoms with Gasteiger partial charge in [-0.05, 0) is 0 Å². The van der Waals surface area contributed by atoms with Crippen LogP contribution in [0.25, 0.3) is 0 Å². The van der Waals surface area contributed by atoms with Gasteiger partial charge in [-0.3, -0.25) is 4.79 Å². The van der Waals surface area contributed by atoms with Crippen molar-refractivity contribution in [3.05, 3.63) is 0 Å². The van der Waals surface area contributed by atoms with Gasteiger partial charge < -0.3 is 5.11 Å². The molecule has 0 aromatic carbocycles. The van der Waals surface area contributed by atoms with Gasteiger partial charge in [-0.2, -0.15) is 9.90 Å². The number of carbonyl (C=O) groups is 1. The van der Waals surface area contributed by atoms with E-state index in [1.165, 1.54) is 0 Å². The molecular weight excluding hydrogens is 157 g/mol. The van der Waals surface area contributed by atoms with Gasteiger partial charge in [-0.15, -0.1) is 0 Å². The molecule has 0 aromatic rings. The largest absolute Gasteiger partial charge is 0.481 e. The Morgan fingerprint density at radius 3 is 1.67 bits per heavy atom. The van der Waals surface area contributed by atoms with Crippen LogP contribution in [0, 0.1) is 0 Å². The molecule has 1 unspecified atom stereocenters. The van der Waals surface area contributed by atoms with Crippen molar-refractivity contribution in [1.29, 1.82) is 0 Å². The van der Waals surface area contributed by atoms with Gasteiger partial charge in [0.2, 0.25) is 0 Å². The van der Waals surface area contributed by atoms with Crippen LogP contribution in [-0.2, 0) is 4.79 Å². The van der Waals surface area contributed by atoms with Crippen LogP contribution in [0.15, 0.2) is 0 Å². The van der Waals surface area contributed by atoms with Crippen molar-refractivity contribution in [3.63, 3.8) is 0 Å². The molecule has 35 valence electrons. The molecule has 1 atom stereocenters. The van der Waals surface area contributed by atoms with E-state index in [1.54, 1.807) is 0 Å². The van der Waals surface area contributed by atoms with Crippen LogP contribution in [0.4, 0.5) is 0 Å². The van der Waals surface area contributed by atoms with Gasteiger partial charge in [-0.1, -0.05) is 0 Å². The Morgan fingerprint density at radius 2 is 1.67 bits per heavy atom. The topological polar surface area (TPSA) is 37.3 Å². The predicted molar refractivity (Wildman–Crippen MR) is 30.2 cm³/mol. The predicted octanol–water partition coefficient (Wildman–Crippen LogP) is -0.232. The van der Waals surface area contributed by atoms with Crippen LogP contribution in [0.2, 0.25) is 0 Å². The van der Waals surface area contributed by atoms with Gasteiger partial charge in [0, 0.05) is 26.7 Å². The van der Waals surface area contributed by atoms with Gasteiger partial charge >= 0.3 is 0 Å². The molecule has 0 heterocycles. The second kappa shape index (κ2) is 9.11. The third-order valence-electron chi connectivity index (χ3n) is 0. The van der Waals surface area contributed by atoms with E-state index in [0.717, 1.165) is 6.92 Å². The molecule has 0 saturated heterocycles. The molecule has 0 rings (SSSR count). The molecule has 0 aromatic heterocycles. The van der Waals surface area contributed by atoms with E-state index in [2.05, 4.69) is 0 Å². The molecule has 1 N–H and O–H groups in total. The SMILES string of the molecule is CC(=O)O.P.[Ga]. The van der Waals surface area contributed by atoms with Crippen LogP contribution in [0.1, 0.15) is 6.92 Å². The number of aliphatic carboxylic acids is 1. The molecule has 0 spiro atoms. The van der Waals surface area contributed by atoms with Crippen molar-refractivity contribution >= 4 is 35.7 Å². The first-order valence-electron chi connectivity index (χ1n) is 0.928. The van der Waals surface area contributed by atoms with E-state index in [-0.39, 0.29) is 29.7 Å². The van der Waals surface area contributed by atoms with Crippen LogP contribution in [0.5, 0.6) is 0 Å². The van der Waals surface area contributed by atoms with Gasteiger partial charge in [0.1, 0.15) is 0 Å². The Bertz CT molecular complexity index is 34.5. The zero-order valence-electron chi connectivity index (χ0n) is 3.64. The summed E-state index contributed by atoms with van der Waals surface area (Å²) in [5.74, 6) is -0.833. The molecule has 0 aliphatic carbocycles. The summed E-state index contributed by atoms with van der Waals surface area (Å²) < 4.78 is 0. The average Bonchev–Trinajstić information content (AvgIpc) is 0.811. The maximum Gasteiger partial charge on any atom is 0.300 e. The zero-order valence-corrected chi connectivity index (χ0v) is 7.48. The van der Waals surface area contributed by atoms with E-state index in [9.17, 15) is 0 Å². The fourth-order valence-corrected chi connectivity index (χ4v) is 0. The Labute approximate surface area is 53.0 Å². The van der Waals surface area contributed by atoms with Crippen LogP contribution in [-0.4, -0.2) is 30.9 Å². The Hall–Kier alpha value is 0.536. The monoisotopic (exact) mass is 163 g/mol. The molecule has 0 saturated carbocycles. The molecule has 3 radical (unpaired) electrons.